The second kappa shape index (κ2) is 4.97. The van der Waals surface area contributed by atoms with Crippen molar-refractivity contribution < 1.29 is 0 Å². The molecule has 0 bridgehead atoms. The molecule has 78 valence electrons. The van der Waals surface area contributed by atoms with Crippen LogP contribution < -0.4 is 5.32 Å². The number of likely N-dealkylation sites (tertiary alicyclic amines) is 1. The van der Waals surface area contributed by atoms with Crippen LogP contribution >= 0.6 is 0 Å². The van der Waals surface area contributed by atoms with Crippen LogP contribution in [0.5, 0.6) is 0 Å². The van der Waals surface area contributed by atoms with Crippen molar-refractivity contribution in [1.29, 1.82) is 0 Å². The van der Waals surface area contributed by atoms with E-state index in [0.29, 0.717) is 0 Å². The van der Waals surface area contributed by atoms with Crippen LogP contribution in [-0.4, -0.2) is 36.6 Å². The lowest BCUT2D eigenvalue weighted by atomic mass is 9.87. The van der Waals surface area contributed by atoms with Crippen LogP contribution in [0.2, 0.25) is 0 Å². The van der Waals surface area contributed by atoms with Gasteiger partial charge in [-0.2, -0.15) is 0 Å². The zero-order chi connectivity index (χ0) is 9.84. The molecule has 1 heterocycles. The molecule has 0 spiro atoms. The van der Waals surface area contributed by atoms with Gasteiger partial charge in [0.2, 0.25) is 0 Å². The van der Waals surface area contributed by atoms with Gasteiger partial charge in [-0.05, 0) is 38.9 Å². The van der Waals surface area contributed by atoms with E-state index < -0.39 is 0 Å². The SMILES string of the molecule is CCNC1CCN(CC)C(C)C1C. The molecule has 0 saturated carbocycles. The van der Waals surface area contributed by atoms with E-state index in [1.54, 1.807) is 0 Å². The topological polar surface area (TPSA) is 15.3 Å². The molecule has 3 atom stereocenters. The van der Waals surface area contributed by atoms with E-state index >= 15 is 0 Å². The van der Waals surface area contributed by atoms with Gasteiger partial charge in [-0.1, -0.05) is 20.8 Å². The first kappa shape index (κ1) is 11.0. The maximum Gasteiger partial charge on any atom is 0.0120 e. The number of rotatable bonds is 3. The predicted octanol–water partition coefficient (Wildman–Crippen LogP) is 1.71. The maximum absolute atomic E-state index is 3.58. The van der Waals surface area contributed by atoms with Crippen LogP contribution in [-0.2, 0) is 0 Å². The largest absolute Gasteiger partial charge is 0.314 e. The number of piperidine rings is 1. The van der Waals surface area contributed by atoms with Crippen molar-refractivity contribution in [3.8, 4) is 0 Å². The smallest absolute Gasteiger partial charge is 0.0120 e. The summed E-state index contributed by atoms with van der Waals surface area (Å²) in [4.78, 5) is 2.58. The summed E-state index contributed by atoms with van der Waals surface area (Å²) < 4.78 is 0. The molecule has 1 saturated heterocycles. The molecular formula is C11H24N2. The zero-order valence-corrected chi connectivity index (χ0v) is 9.51. The number of hydrogen-bond acceptors (Lipinski definition) is 2. The molecule has 0 radical (unpaired) electrons. The molecule has 0 amide bonds. The molecule has 0 aromatic heterocycles. The lowest BCUT2D eigenvalue weighted by Gasteiger charge is -2.42. The summed E-state index contributed by atoms with van der Waals surface area (Å²) >= 11 is 0. The molecule has 3 unspecified atom stereocenters. The van der Waals surface area contributed by atoms with Crippen molar-refractivity contribution >= 4 is 0 Å². The average molecular weight is 184 g/mol. The minimum atomic E-state index is 0.739. The Balaban J connectivity index is 2.48. The van der Waals surface area contributed by atoms with E-state index in [1.165, 1.54) is 19.5 Å². The Morgan fingerprint density at radius 2 is 2.00 bits per heavy atom. The molecule has 1 N–H and O–H groups in total. The van der Waals surface area contributed by atoms with Crippen molar-refractivity contribution in [3.63, 3.8) is 0 Å². The Hall–Kier alpha value is -0.0800. The quantitative estimate of drug-likeness (QED) is 0.718. The van der Waals surface area contributed by atoms with Gasteiger partial charge in [-0.25, -0.2) is 0 Å². The highest BCUT2D eigenvalue weighted by Gasteiger charge is 2.30. The Morgan fingerprint density at radius 3 is 2.54 bits per heavy atom. The molecule has 1 fully saturated rings. The van der Waals surface area contributed by atoms with Gasteiger partial charge in [-0.3, -0.25) is 0 Å². The molecule has 2 heteroatoms. The highest BCUT2D eigenvalue weighted by Crippen LogP contribution is 2.22. The second-order valence-electron chi connectivity index (χ2n) is 4.18. The van der Waals surface area contributed by atoms with Gasteiger partial charge >= 0.3 is 0 Å². The highest BCUT2D eigenvalue weighted by atomic mass is 15.2. The monoisotopic (exact) mass is 184 g/mol. The first-order chi connectivity index (χ1) is 6.20. The van der Waals surface area contributed by atoms with Crippen molar-refractivity contribution in [2.24, 2.45) is 5.92 Å². The molecule has 1 rings (SSSR count). The first-order valence-electron chi connectivity index (χ1n) is 5.68. The Labute approximate surface area is 82.7 Å². The van der Waals surface area contributed by atoms with Gasteiger partial charge in [0.05, 0.1) is 0 Å². The van der Waals surface area contributed by atoms with Crippen molar-refractivity contribution in [2.75, 3.05) is 19.6 Å². The average Bonchev–Trinajstić information content (AvgIpc) is 2.14. The lowest BCUT2D eigenvalue weighted by Crippen LogP contribution is -2.53. The summed E-state index contributed by atoms with van der Waals surface area (Å²) in [6, 6.07) is 1.48. The Morgan fingerprint density at radius 1 is 1.31 bits per heavy atom. The van der Waals surface area contributed by atoms with Crippen molar-refractivity contribution in [3.05, 3.63) is 0 Å². The molecular weight excluding hydrogens is 160 g/mol. The van der Waals surface area contributed by atoms with Gasteiger partial charge in [0.25, 0.3) is 0 Å². The van der Waals surface area contributed by atoms with Crippen LogP contribution in [0.25, 0.3) is 0 Å². The summed E-state index contributed by atoms with van der Waals surface area (Å²) in [5.41, 5.74) is 0. The van der Waals surface area contributed by atoms with Crippen LogP contribution in [0.15, 0.2) is 0 Å². The third-order valence-corrected chi connectivity index (χ3v) is 3.57. The van der Waals surface area contributed by atoms with E-state index in [-0.39, 0.29) is 0 Å². The van der Waals surface area contributed by atoms with E-state index in [4.69, 9.17) is 0 Å². The normalized spacial score (nSPS) is 36.5. The van der Waals surface area contributed by atoms with E-state index in [1.807, 2.05) is 0 Å². The molecule has 2 nitrogen and oxygen atoms in total. The van der Waals surface area contributed by atoms with Crippen LogP contribution in [0.3, 0.4) is 0 Å². The standard InChI is InChI=1S/C11H24N2/c1-5-12-11-7-8-13(6-2)10(4)9(11)3/h9-12H,5-8H2,1-4H3. The van der Waals surface area contributed by atoms with Crippen LogP contribution in [0, 0.1) is 5.92 Å². The summed E-state index contributed by atoms with van der Waals surface area (Å²) in [6.45, 7) is 12.8. The first-order valence-corrected chi connectivity index (χ1v) is 5.68. The Bertz CT molecular complexity index is 145. The summed E-state index contributed by atoms with van der Waals surface area (Å²) in [7, 11) is 0. The third kappa shape index (κ3) is 2.44. The van der Waals surface area contributed by atoms with Crippen LogP contribution in [0.1, 0.15) is 34.1 Å². The lowest BCUT2D eigenvalue weighted by molar-refractivity contribution is 0.0909. The molecule has 0 aliphatic carbocycles. The predicted molar refractivity (Wildman–Crippen MR) is 58.0 cm³/mol. The van der Waals surface area contributed by atoms with E-state index in [9.17, 15) is 0 Å². The third-order valence-electron chi connectivity index (χ3n) is 3.57. The highest BCUT2D eigenvalue weighted by molar-refractivity contribution is 4.87. The van der Waals surface area contributed by atoms with E-state index in [2.05, 4.69) is 37.9 Å². The fourth-order valence-electron chi connectivity index (χ4n) is 2.44. The van der Waals surface area contributed by atoms with Gasteiger partial charge < -0.3 is 10.2 Å². The summed E-state index contributed by atoms with van der Waals surface area (Å²) in [5, 5.41) is 3.58. The van der Waals surface area contributed by atoms with Gasteiger partial charge in [0, 0.05) is 12.1 Å². The van der Waals surface area contributed by atoms with Gasteiger partial charge in [0.15, 0.2) is 0 Å². The minimum absolute atomic E-state index is 0.739. The Kier molecular flexibility index (Phi) is 4.20. The molecule has 0 aromatic carbocycles. The summed E-state index contributed by atoms with van der Waals surface area (Å²) in [5.74, 6) is 0.786. The fourth-order valence-corrected chi connectivity index (χ4v) is 2.44. The van der Waals surface area contributed by atoms with Crippen molar-refractivity contribution in [2.45, 2.75) is 46.2 Å². The maximum atomic E-state index is 3.58. The van der Waals surface area contributed by atoms with Gasteiger partial charge in [-0.15, -0.1) is 0 Å². The van der Waals surface area contributed by atoms with Crippen molar-refractivity contribution in [1.82, 2.24) is 10.2 Å². The molecule has 13 heavy (non-hydrogen) atoms. The fraction of sp³-hybridized carbons (Fsp3) is 1.00. The molecule has 1 aliphatic heterocycles. The van der Waals surface area contributed by atoms with Crippen LogP contribution in [0.4, 0.5) is 0 Å². The number of nitrogens with zero attached hydrogens (tertiary/aromatic N) is 1. The summed E-state index contributed by atoms with van der Waals surface area (Å²) in [6.07, 6.45) is 1.31. The van der Waals surface area contributed by atoms with E-state index in [0.717, 1.165) is 24.5 Å². The van der Waals surface area contributed by atoms with Gasteiger partial charge in [0.1, 0.15) is 0 Å². The molecule has 1 aliphatic rings. The minimum Gasteiger partial charge on any atom is -0.314 e. The second-order valence-corrected chi connectivity index (χ2v) is 4.18. The zero-order valence-electron chi connectivity index (χ0n) is 9.51. The number of hydrogen-bond donors (Lipinski definition) is 1. The number of nitrogens with one attached hydrogen (secondary N) is 1. The molecule has 0 aromatic rings.